The molecule has 4 rings (SSSR count). The van der Waals surface area contributed by atoms with Crippen molar-refractivity contribution in [2.24, 2.45) is 24.6 Å². The highest BCUT2D eigenvalue weighted by molar-refractivity contribution is 5.96. The first-order chi connectivity index (χ1) is 25.6. The van der Waals surface area contributed by atoms with Crippen molar-refractivity contribution in [2.75, 3.05) is 19.3 Å². The van der Waals surface area contributed by atoms with Crippen molar-refractivity contribution in [2.45, 2.75) is 115 Å². The number of carbonyl (C=O) groups is 6. The van der Waals surface area contributed by atoms with Crippen LogP contribution in [0.5, 0.6) is 0 Å². The summed E-state index contributed by atoms with van der Waals surface area (Å²) in [4.78, 5) is 84.4. The van der Waals surface area contributed by atoms with E-state index in [-0.39, 0.29) is 30.6 Å². The summed E-state index contributed by atoms with van der Waals surface area (Å²) in [5, 5.41) is 8.69. The zero-order chi connectivity index (χ0) is 39.5. The fourth-order valence-corrected chi connectivity index (χ4v) is 7.72. The van der Waals surface area contributed by atoms with Gasteiger partial charge < -0.3 is 37.2 Å². The first-order valence-electron chi connectivity index (χ1n) is 19.2. The summed E-state index contributed by atoms with van der Waals surface area (Å²) < 4.78 is 1.85. The van der Waals surface area contributed by atoms with E-state index in [1.165, 1.54) is 16.7 Å². The Morgan fingerprint density at radius 1 is 0.870 bits per heavy atom. The van der Waals surface area contributed by atoms with Crippen LogP contribution in [0.3, 0.4) is 0 Å². The molecule has 7 N–H and O–H groups in total. The molecular formula is C40H59N8O6+. The molecule has 294 valence electrons. The van der Waals surface area contributed by atoms with E-state index in [2.05, 4.69) is 16.0 Å². The molecule has 2 aromatic rings. The molecule has 1 aliphatic carbocycles. The Kier molecular flexibility index (Phi) is 15.0. The number of likely N-dealkylation sites (N-methyl/N-ethyl adjacent to an activating group) is 1. The second kappa shape index (κ2) is 19.4. The lowest BCUT2D eigenvalue weighted by molar-refractivity contribution is -0.671. The van der Waals surface area contributed by atoms with Crippen molar-refractivity contribution in [3.05, 3.63) is 59.9 Å². The predicted octanol–water partition coefficient (Wildman–Crippen LogP) is 1.28. The number of aromatic nitrogens is 1. The quantitative estimate of drug-likeness (QED) is 0.126. The number of hydrogen-bond acceptors (Lipinski definition) is 7. The number of benzene rings is 1. The topological polar surface area (TPSA) is 201 Å². The zero-order valence-corrected chi connectivity index (χ0v) is 32.4. The molecule has 2 aliphatic rings. The summed E-state index contributed by atoms with van der Waals surface area (Å²) in [6.07, 6.45) is 9.65. The van der Waals surface area contributed by atoms with Gasteiger partial charge in [-0.15, -0.1) is 0 Å². The average molecular weight is 748 g/mol. The van der Waals surface area contributed by atoms with Crippen LogP contribution in [0, 0.1) is 11.8 Å². The average Bonchev–Trinajstić information content (AvgIpc) is 3.63. The normalized spacial score (nSPS) is 18.3. The maximum absolute atomic E-state index is 14.6. The number of anilines is 1. The highest BCUT2D eigenvalue weighted by Gasteiger charge is 2.41. The second-order valence-electron chi connectivity index (χ2n) is 15.4. The molecule has 0 bridgehead atoms. The SMILES string of the molecule is CC(=O)N[C@@H](Cc1ccc(N)cc1)C(=O)N[C@H](C(=O)N[C@@H](Cc1ccc[n+](C)c1)C(=O)N(C)[C@@H](CC(C)C)C(=O)N1CCC[C@H]1C(N)=O)C1CCCCC1. The molecule has 5 atom stereocenters. The van der Waals surface area contributed by atoms with Gasteiger partial charge in [0.1, 0.15) is 37.3 Å². The number of rotatable bonds is 16. The van der Waals surface area contributed by atoms with Crippen LogP contribution in [-0.4, -0.2) is 89.0 Å². The van der Waals surface area contributed by atoms with E-state index >= 15 is 0 Å². The van der Waals surface area contributed by atoms with Crippen molar-refractivity contribution >= 4 is 41.1 Å². The van der Waals surface area contributed by atoms with Crippen molar-refractivity contribution in [1.82, 2.24) is 25.8 Å². The number of nitrogens with two attached hydrogens (primary N) is 2. The number of hydrogen-bond donors (Lipinski definition) is 5. The third kappa shape index (κ3) is 11.5. The van der Waals surface area contributed by atoms with Gasteiger partial charge in [-0.2, -0.15) is 0 Å². The maximum Gasteiger partial charge on any atom is 0.246 e. The van der Waals surface area contributed by atoms with Gasteiger partial charge in [-0.1, -0.05) is 45.2 Å². The fraction of sp³-hybridized carbons (Fsp3) is 0.575. The van der Waals surface area contributed by atoms with Crippen LogP contribution < -0.4 is 32.0 Å². The first kappa shape index (κ1) is 41.7. The van der Waals surface area contributed by atoms with Crippen LogP contribution in [0.25, 0.3) is 0 Å². The lowest BCUT2D eigenvalue weighted by atomic mass is 9.83. The van der Waals surface area contributed by atoms with Crippen molar-refractivity contribution in [1.29, 1.82) is 0 Å². The van der Waals surface area contributed by atoms with E-state index in [4.69, 9.17) is 11.5 Å². The number of nitrogens with one attached hydrogen (secondary N) is 3. The molecule has 14 nitrogen and oxygen atoms in total. The summed E-state index contributed by atoms with van der Waals surface area (Å²) in [5.41, 5.74) is 13.6. The highest BCUT2D eigenvalue weighted by Crippen LogP contribution is 2.28. The van der Waals surface area contributed by atoms with Crippen LogP contribution >= 0.6 is 0 Å². The summed E-state index contributed by atoms with van der Waals surface area (Å²) in [5.74, 6) is -3.00. The number of amides is 6. The molecule has 2 heterocycles. The van der Waals surface area contributed by atoms with Crippen LogP contribution in [0.4, 0.5) is 5.69 Å². The van der Waals surface area contributed by atoms with E-state index in [0.29, 0.717) is 44.3 Å². The predicted molar refractivity (Wildman–Crippen MR) is 204 cm³/mol. The van der Waals surface area contributed by atoms with E-state index < -0.39 is 59.7 Å². The Morgan fingerprint density at radius 3 is 2.15 bits per heavy atom. The summed E-state index contributed by atoms with van der Waals surface area (Å²) in [6.45, 7) is 5.61. The van der Waals surface area contributed by atoms with Crippen molar-refractivity contribution in [3.8, 4) is 0 Å². The highest BCUT2D eigenvalue weighted by atomic mass is 16.2. The maximum atomic E-state index is 14.6. The largest absolute Gasteiger partial charge is 0.399 e. The summed E-state index contributed by atoms with van der Waals surface area (Å²) in [7, 11) is 3.42. The van der Waals surface area contributed by atoms with Gasteiger partial charge in [0.25, 0.3) is 0 Å². The Hall–Kier alpha value is -5.01. The Balaban J connectivity index is 1.64. The molecule has 0 radical (unpaired) electrons. The van der Waals surface area contributed by atoms with Crippen molar-refractivity contribution in [3.63, 3.8) is 0 Å². The lowest BCUT2D eigenvalue weighted by Crippen LogP contribution is -2.61. The monoisotopic (exact) mass is 747 g/mol. The molecule has 1 aromatic carbocycles. The van der Waals surface area contributed by atoms with Crippen LogP contribution in [0.2, 0.25) is 0 Å². The molecule has 0 spiro atoms. The zero-order valence-electron chi connectivity index (χ0n) is 32.4. The van der Waals surface area contributed by atoms with Crippen LogP contribution in [0.15, 0.2) is 48.8 Å². The van der Waals surface area contributed by atoms with Crippen LogP contribution in [-0.2, 0) is 48.7 Å². The minimum Gasteiger partial charge on any atom is -0.399 e. The van der Waals surface area contributed by atoms with E-state index in [0.717, 1.165) is 30.4 Å². The molecule has 6 amide bonds. The van der Waals surface area contributed by atoms with Gasteiger partial charge in [0.2, 0.25) is 35.4 Å². The fourth-order valence-electron chi connectivity index (χ4n) is 7.72. The Morgan fingerprint density at radius 2 is 1.54 bits per heavy atom. The van der Waals surface area contributed by atoms with Gasteiger partial charge in [0.05, 0.1) is 0 Å². The van der Waals surface area contributed by atoms with Gasteiger partial charge in [0, 0.05) is 50.7 Å². The number of nitrogens with zero attached hydrogens (tertiary/aromatic N) is 3. The van der Waals surface area contributed by atoms with E-state index in [9.17, 15) is 28.8 Å². The van der Waals surface area contributed by atoms with Gasteiger partial charge >= 0.3 is 0 Å². The van der Waals surface area contributed by atoms with E-state index in [1.807, 2.05) is 50.0 Å². The number of carbonyl (C=O) groups excluding carboxylic acids is 6. The number of nitrogen functional groups attached to an aromatic ring is 1. The third-order valence-corrected chi connectivity index (χ3v) is 10.5. The minimum atomic E-state index is -1.10. The molecule has 14 heteroatoms. The van der Waals surface area contributed by atoms with Gasteiger partial charge in [-0.3, -0.25) is 28.8 Å². The molecule has 1 aromatic heterocycles. The summed E-state index contributed by atoms with van der Waals surface area (Å²) >= 11 is 0. The second-order valence-corrected chi connectivity index (χ2v) is 15.4. The van der Waals surface area contributed by atoms with Crippen molar-refractivity contribution < 1.29 is 33.3 Å². The minimum absolute atomic E-state index is 0.0285. The van der Waals surface area contributed by atoms with Gasteiger partial charge in [0.15, 0.2) is 12.4 Å². The molecule has 0 unspecified atom stereocenters. The lowest BCUT2D eigenvalue weighted by Gasteiger charge is -2.36. The van der Waals surface area contributed by atoms with E-state index in [1.54, 1.807) is 31.3 Å². The smallest absolute Gasteiger partial charge is 0.246 e. The number of likely N-dealkylation sites (tertiary alicyclic amines) is 1. The first-order valence-corrected chi connectivity index (χ1v) is 19.2. The third-order valence-electron chi connectivity index (χ3n) is 10.5. The molecule has 1 saturated heterocycles. The molecule has 2 fully saturated rings. The number of aryl methyl sites for hydroxylation is 1. The Labute approximate surface area is 318 Å². The molecular weight excluding hydrogens is 688 g/mol. The van der Waals surface area contributed by atoms with Crippen LogP contribution in [0.1, 0.15) is 83.3 Å². The number of pyridine rings is 1. The number of primary amides is 1. The Bertz CT molecular complexity index is 1640. The molecule has 1 aliphatic heterocycles. The summed E-state index contributed by atoms with van der Waals surface area (Å²) in [6, 6.07) is 6.04. The molecule has 54 heavy (non-hydrogen) atoms. The van der Waals surface area contributed by atoms with Gasteiger partial charge in [-0.05, 0) is 67.7 Å². The van der Waals surface area contributed by atoms with Gasteiger partial charge in [-0.25, -0.2) is 4.57 Å². The standard InChI is InChI=1S/C40H58N8O6/c1-25(2)21-34(40(54)48-20-10-14-33(48)36(42)50)47(5)39(53)32(23-28-11-9-19-46(4)24-28)44-38(52)35(29-12-7-6-8-13-29)45-37(51)31(43-26(3)49)22-27-15-17-30(41)18-16-27/h9,11,15-19,24-25,29,31-35H,6-8,10,12-14,20-23,41H2,1-5H3,(H4-,42,43,44,45,49,50,51,52)/p+1/t31-,32-,33-,34-,35-/m0/s1. The molecule has 1 saturated carbocycles.